The summed E-state index contributed by atoms with van der Waals surface area (Å²) < 4.78 is 0. The average Bonchev–Trinajstić information content (AvgIpc) is 2.79. The number of allylic oxidation sites excluding steroid dienone is 2. The van der Waals surface area contributed by atoms with Gasteiger partial charge in [-0.15, -0.1) is 0 Å². The van der Waals surface area contributed by atoms with E-state index in [1.807, 2.05) is 18.0 Å². The zero-order chi connectivity index (χ0) is 22.6. The molecule has 0 saturated carbocycles. The number of primary amides is 1. The average molecular weight is 426 g/mol. The number of nitrogens with two attached hydrogens (primary N) is 1. The minimum atomic E-state index is -0.362. The molecule has 1 aromatic carbocycles. The first-order valence-electron chi connectivity index (χ1n) is 11.8. The lowest BCUT2D eigenvalue weighted by atomic mass is 9.69. The summed E-state index contributed by atoms with van der Waals surface area (Å²) in [7, 11) is 1.98. The van der Waals surface area contributed by atoms with Gasteiger partial charge in [-0.2, -0.15) is 0 Å². The first-order valence-corrected chi connectivity index (χ1v) is 11.8. The molecule has 3 N–H and O–H groups in total. The van der Waals surface area contributed by atoms with Gasteiger partial charge in [-0.25, -0.2) is 0 Å². The number of hydrogen-bond donors (Lipinski definition) is 2. The molecule has 0 unspecified atom stereocenters. The van der Waals surface area contributed by atoms with Crippen LogP contribution in [0.15, 0.2) is 24.3 Å². The van der Waals surface area contributed by atoms with E-state index < -0.39 is 0 Å². The van der Waals surface area contributed by atoms with Gasteiger partial charge in [0.15, 0.2) is 0 Å². The number of likely N-dealkylation sites (N-methyl/N-ethyl adjacent to an activating group) is 1. The van der Waals surface area contributed by atoms with E-state index in [0.717, 1.165) is 57.3 Å². The lowest BCUT2D eigenvalue weighted by molar-refractivity contribution is -0.130. The maximum Gasteiger partial charge on any atom is 0.249 e. The predicted octanol–water partition coefficient (Wildman–Crippen LogP) is 4.26. The number of rotatable bonds is 7. The fourth-order valence-electron chi connectivity index (χ4n) is 5.59. The highest BCUT2D eigenvalue weighted by molar-refractivity contribution is 5.98. The molecule has 0 bridgehead atoms. The van der Waals surface area contributed by atoms with Crippen molar-refractivity contribution in [3.63, 3.8) is 0 Å². The normalized spacial score (nSPS) is 20.3. The van der Waals surface area contributed by atoms with E-state index in [0.29, 0.717) is 11.0 Å². The van der Waals surface area contributed by atoms with E-state index in [4.69, 9.17) is 5.73 Å². The summed E-state index contributed by atoms with van der Waals surface area (Å²) >= 11 is 0. The predicted molar refractivity (Wildman–Crippen MR) is 127 cm³/mol. The molecule has 0 aromatic heterocycles. The molecule has 170 valence electrons. The van der Waals surface area contributed by atoms with Gasteiger partial charge in [0.25, 0.3) is 0 Å². The van der Waals surface area contributed by atoms with E-state index in [2.05, 4.69) is 37.4 Å². The molecule has 1 aliphatic carbocycles. The fourth-order valence-corrected chi connectivity index (χ4v) is 5.59. The van der Waals surface area contributed by atoms with Crippen LogP contribution in [0.3, 0.4) is 0 Å². The molecule has 0 atom stereocenters. The van der Waals surface area contributed by atoms with Gasteiger partial charge in [0, 0.05) is 37.5 Å². The third kappa shape index (κ3) is 4.72. The van der Waals surface area contributed by atoms with Gasteiger partial charge in [-0.1, -0.05) is 44.9 Å². The fraction of sp³-hybridized carbons (Fsp3) is 0.615. The van der Waals surface area contributed by atoms with Crippen LogP contribution in [0.25, 0.3) is 5.57 Å². The monoisotopic (exact) mass is 425 g/mol. The summed E-state index contributed by atoms with van der Waals surface area (Å²) in [5.41, 5.74) is 10.3. The highest BCUT2D eigenvalue weighted by Gasteiger charge is 2.37. The molecule has 3 rings (SSSR count). The summed E-state index contributed by atoms with van der Waals surface area (Å²) in [5, 5.41) is 3.37. The zero-order valence-corrected chi connectivity index (χ0v) is 19.7. The first-order chi connectivity index (χ1) is 14.8. The van der Waals surface area contributed by atoms with Crippen molar-refractivity contribution in [1.82, 2.24) is 10.2 Å². The molecule has 1 heterocycles. The second kappa shape index (κ2) is 9.56. The topological polar surface area (TPSA) is 75.4 Å². The molecule has 0 spiro atoms. The van der Waals surface area contributed by atoms with Crippen LogP contribution in [0.1, 0.15) is 87.2 Å². The first kappa shape index (κ1) is 23.5. The summed E-state index contributed by atoms with van der Waals surface area (Å²) in [6.45, 7) is 8.60. The summed E-state index contributed by atoms with van der Waals surface area (Å²) in [4.78, 5) is 26.0. The maximum absolute atomic E-state index is 12.3. The standard InChI is InChI=1S/C26H39N3O2/c1-5-25(6-2)11-9-20(10-12-25)23-17-21(7-8-22(23)24(27)31)26(18-28-4)13-15-29(16-14-26)19(3)30/h7-9,17,28H,5-6,10-16,18H2,1-4H3,(H2,27,31). The van der Waals surface area contributed by atoms with E-state index >= 15 is 0 Å². The number of carbonyl (C=O) groups is 2. The van der Waals surface area contributed by atoms with Crippen molar-refractivity contribution in [2.75, 3.05) is 26.7 Å². The minimum Gasteiger partial charge on any atom is -0.366 e. The molecule has 5 heteroatoms. The van der Waals surface area contributed by atoms with Crippen molar-refractivity contribution in [3.8, 4) is 0 Å². The summed E-state index contributed by atoms with van der Waals surface area (Å²) in [5.74, 6) is -0.218. The number of nitrogens with zero attached hydrogens (tertiary/aromatic N) is 1. The second-order valence-electron chi connectivity index (χ2n) is 9.58. The Kier molecular flexibility index (Phi) is 7.25. The van der Waals surface area contributed by atoms with Gasteiger partial charge in [0.2, 0.25) is 11.8 Å². The van der Waals surface area contributed by atoms with Crippen LogP contribution in [0, 0.1) is 5.41 Å². The van der Waals surface area contributed by atoms with E-state index in [9.17, 15) is 9.59 Å². The number of hydrogen-bond acceptors (Lipinski definition) is 3. The van der Waals surface area contributed by atoms with Crippen LogP contribution in [0.5, 0.6) is 0 Å². The Balaban J connectivity index is 1.99. The molecular formula is C26H39N3O2. The summed E-state index contributed by atoms with van der Waals surface area (Å²) in [6, 6.07) is 6.22. The Labute approximate surface area is 187 Å². The third-order valence-electron chi connectivity index (χ3n) is 8.13. The van der Waals surface area contributed by atoms with Crippen molar-refractivity contribution in [2.24, 2.45) is 11.1 Å². The van der Waals surface area contributed by atoms with E-state index in [1.54, 1.807) is 6.92 Å². The van der Waals surface area contributed by atoms with Crippen LogP contribution < -0.4 is 11.1 Å². The molecule has 2 amide bonds. The van der Waals surface area contributed by atoms with Crippen molar-refractivity contribution in [2.45, 2.75) is 71.1 Å². The van der Waals surface area contributed by atoms with Gasteiger partial charge in [0.05, 0.1) is 0 Å². The molecule has 1 saturated heterocycles. The van der Waals surface area contributed by atoms with Gasteiger partial charge in [-0.05, 0) is 67.3 Å². The van der Waals surface area contributed by atoms with Crippen LogP contribution >= 0.6 is 0 Å². The molecule has 2 aliphatic rings. The van der Waals surface area contributed by atoms with E-state index in [1.165, 1.54) is 24.0 Å². The summed E-state index contributed by atoms with van der Waals surface area (Å²) in [6.07, 6.45) is 9.76. The van der Waals surface area contributed by atoms with Crippen molar-refractivity contribution < 1.29 is 9.59 Å². The Morgan fingerprint density at radius 1 is 1.13 bits per heavy atom. The number of piperidine rings is 1. The van der Waals surface area contributed by atoms with Gasteiger partial charge in [0.1, 0.15) is 0 Å². The lowest BCUT2D eigenvalue weighted by Gasteiger charge is -2.42. The SMILES string of the molecule is CCC1(CC)CC=C(c2cc(C3(CNC)CCN(C(C)=O)CC3)ccc2C(N)=O)CC1. The second-order valence-corrected chi connectivity index (χ2v) is 9.58. The Morgan fingerprint density at radius 2 is 1.81 bits per heavy atom. The molecular weight excluding hydrogens is 386 g/mol. The highest BCUT2D eigenvalue weighted by Crippen LogP contribution is 2.45. The quantitative estimate of drug-likeness (QED) is 0.685. The highest BCUT2D eigenvalue weighted by atomic mass is 16.2. The van der Waals surface area contributed by atoms with Gasteiger partial charge in [-0.3, -0.25) is 9.59 Å². The largest absolute Gasteiger partial charge is 0.366 e. The zero-order valence-electron chi connectivity index (χ0n) is 19.7. The van der Waals surface area contributed by atoms with Crippen molar-refractivity contribution >= 4 is 17.4 Å². The number of benzene rings is 1. The van der Waals surface area contributed by atoms with Crippen molar-refractivity contribution in [3.05, 3.63) is 41.0 Å². The van der Waals surface area contributed by atoms with Crippen LogP contribution in [0.4, 0.5) is 0 Å². The number of likely N-dealkylation sites (tertiary alicyclic amines) is 1. The number of carbonyl (C=O) groups excluding carboxylic acids is 2. The molecule has 1 aliphatic heterocycles. The molecule has 1 aromatic rings. The molecule has 0 radical (unpaired) electrons. The van der Waals surface area contributed by atoms with Crippen LogP contribution in [-0.2, 0) is 10.2 Å². The molecule has 31 heavy (non-hydrogen) atoms. The minimum absolute atomic E-state index is 0.0442. The lowest BCUT2D eigenvalue weighted by Crippen LogP contribution is -2.48. The van der Waals surface area contributed by atoms with Crippen LogP contribution in [0.2, 0.25) is 0 Å². The Hall–Kier alpha value is -2.14. The third-order valence-corrected chi connectivity index (χ3v) is 8.13. The Morgan fingerprint density at radius 3 is 2.29 bits per heavy atom. The molecule has 1 fully saturated rings. The van der Waals surface area contributed by atoms with Crippen molar-refractivity contribution in [1.29, 1.82) is 0 Å². The van der Waals surface area contributed by atoms with Gasteiger partial charge < -0.3 is 16.0 Å². The van der Waals surface area contributed by atoms with Gasteiger partial charge >= 0.3 is 0 Å². The Bertz CT molecular complexity index is 846. The smallest absolute Gasteiger partial charge is 0.249 e. The number of amides is 2. The van der Waals surface area contributed by atoms with Crippen LogP contribution in [-0.4, -0.2) is 43.4 Å². The van der Waals surface area contributed by atoms with E-state index in [-0.39, 0.29) is 17.2 Å². The maximum atomic E-state index is 12.3. The number of nitrogens with one attached hydrogen (secondary N) is 1. The molecule has 5 nitrogen and oxygen atoms in total.